The zero-order valence-corrected chi connectivity index (χ0v) is 13.5. The average molecular weight is 324 g/mol. The molecular formula is C19H20N2O3. The van der Waals surface area contributed by atoms with Crippen LogP contribution in [0.2, 0.25) is 0 Å². The van der Waals surface area contributed by atoms with Gasteiger partial charge in [0.05, 0.1) is 12.0 Å². The van der Waals surface area contributed by atoms with Crippen molar-refractivity contribution in [1.82, 2.24) is 5.32 Å². The van der Waals surface area contributed by atoms with Gasteiger partial charge in [0.25, 0.3) is 0 Å². The molecule has 2 atom stereocenters. The monoisotopic (exact) mass is 324 g/mol. The van der Waals surface area contributed by atoms with Crippen LogP contribution in [0.1, 0.15) is 35.1 Å². The highest BCUT2D eigenvalue weighted by Crippen LogP contribution is 2.34. The number of nitrogens with one attached hydrogen (secondary N) is 2. The minimum atomic E-state index is -0.764. The Morgan fingerprint density at radius 1 is 1.21 bits per heavy atom. The molecule has 1 heterocycles. The largest absolute Gasteiger partial charge is 0.387 e. The minimum absolute atomic E-state index is 0.0728. The third-order valence-electron chi connectivity index (χ3n) is 4.34. The lowest BCUT2D eigenvalue weighted by atomic mass is 9.97. The molecule has 5 nitrogen and oxygen atoms in total. The topological polar surface area (TPSA) is 78.4 Å². The molecule has 2 aromatic carbocycles. The van der Waals surface area contributed by atoms with E-state index in [0.717, 1.165) is 22.4 Å². The Kier molecular flexibility index (Phi) is 4.62. The van der Waals surface area contributed by atoms with E-state index >= 15 is 0 Å². The van der Waals surface area contributed by atoms with E-state index in [4.69, 9.17) is 0 Å². The van der Waals surface area contributed by atoms with Crippen molar-refractivity contribution in [3.8, 4) is 0 Å². The van der Waals surface area contributed by atoms with Gasteiger partial charge in [0.15, 0.2) is 0 Å². The number of aryl methyl sites for hydroxylation is 1. The Labute approximate surface area is 140 Å². The number of rotatable bonds is 5. The first-order valence-corrected chi connectivity index (χ1v) is 7.96. The molecule has 2 aromatic rings. The molecular weight excluding hydrogens is 304 g/mol. The fourth-order valence-corrected chi connectivity index (χ4v) is 3.02. The van der Waals surface area contributed by atoms with Crippen LogP contribution in [-0.2, 0) is 9.59 Å². The molecule has 24 heavy (non-hydrogen) atoms. The summed E-state index contributed by atoms with van der Waals surface area (Å²) in [5.41, 5.74) is 3.38. The van der Waals surface area contributed by atoms with Gasteiger partial charge in [0.1, 0.15) is 0 Å². The second-order valence-electron chi connectivity index (χ2n) is 6.01. The number of anilines is 1. The maximum atomic E-state index is 12.2. The van der Waals surface area contributed by atoms with E-state index < -0.39 is 12.0 Å². The zero-order valence-electron chi connectivity index (χ0n) is 13.5. The highest BCUT2D eigenvalue weighted by atomic mass is 16.3. The summed E-state index contributed by atoms with van der Waals surface area (Å²) in [5.74, 6) is -0.887. The van der Waals surface area contributed by atoms with Gasteiger partial charge in [-0.1, -0.05) is 42.5 Å². The molecule has 3 N–H and O–H groups in total. The molecule has 0 bridgehead atoms. The third kappa shape index (κ3) is 3.31. The number of hydrogen-bond acceptors (Lipinski definition) is 3. The van der Waals surface area contributed by atoms with Gasteiger partial charge >= 0.3 is 0 Å². The molecule has 1 aliphatic heterocycles. The standard InChI is InChI=1S/C19H20N2O3/c1-12-6-2-3-7-13(12)17(22)11-20-18(23)10-15-14-8-4-5-9-16(14)21-19(15)24/h2-9,15,17,22H,10-11H2,1H3,(H,20,23)(H,21,24). The number of hydrogen-bond donors (Lipinski definition) is 3. The molecule has 5 heteroatoms. The molecule has 124 valence electrons. The number of para-hydroxylation sites is 1. The van der Waals surface area contributed by atoms with Crippen molar-refractivity contribution >= 4 is 17.5 Å². The van der Waals surface area contributed by atoms with Gasteiger partial charge in [-0.05, 0) is 29.7 Å². The number of carbonyl (C=O) groups is 2. The first-order valence-electron chi connectivity index (χ1n) is 7.96. The van der Waals surface area contributed by atoms with E-state index in [2.05, 4.69) is 10.6 Å². The molecule has 0 fully saturated rings. The average Bonchev–Trinajstić information content (AvgIpc) is 2.89. The van der Waals surface area contributed by atoms with Crippen LogP contribution in [0, 0.1) is 6.92 Å². The summed E-state index contributed by atoms with van der Waals surface area (Å²) < 4.78 is 0. The van der Waals surface area contributed by atoms with Crippen LogP contribution in [-0.4, -0.2) is 23.5 Å². The summed E-state index contributed by atoms with van der Waals surface area (Å²) in [7, 11) is 0. The van der Waals surface area contributed by atoms with Gasteiger partial charge in [-0.2, -0.15) is 0 Å². The van der Waals surface area contributed by atoms with Crippen molar-refractivity contribution in [2.45, 2.75) is 25.4 Å². The summed E-state index contributed by atoms with van der Waals surface area (Å²) in [6.45, 7) is 2.04. The lowest BCUT2D eigenvalue weighted by Gasteiger charge is -2.15. The molecule has 0 saturated carbocycles. The number of amides is 2. The van der Waals surface area contributed by atoms with Crippen LogP contribution in [0.5, 0.6) is 0 Å². The van der Waals surface area contributed by atoms with Gasteiger partial charge in [-0.25, -0.2) is 0 Å². The van der Waals surface area contributed by atoms with Gasteiger partial charge in [0, 0.05) is 18.7 Å². The third-order valence-corrected chi connectivity index (χ3v) is 4.34. The van der Waals surface area contributed by atoms with Gasteiger partial charge in [0.2, 0.25) is 11.8 Å². The lowest BCUT2D eigenvalue weighted by molar-refractivity contribution is -0.125. The SMILES string of the molecule is Cc1ccccc1C(O)CNC(=O)CC1C(=O)Nc2ccccc21. The van der Waals surface area contributed by atoms with Crippen molar-refractivity contribution in [3.05, 3.63) is 65.2 Å². The summed E-state index contributed by atoms with van der Waals surface area (Å²) in [6.07, 6.45) is -0.691. The molecule has 0 aliphatic carbocycles. The van der Waals surface area contributed by atoms with Crippen molar-refractivity contribution in [1.29, 1.82) is 0 Å². The van der Waals surface area contributed by atoms with Crippen LogP contribution in [0.4, 0.5) is 5.69 Å². The van der Waals surface area contributed by atoms with E-state index in [0.29, 0.717) is 0 Å². The molecule has 0 radical (unpaired) electrons. The van der Waals surface area contributed by atoms with Crippen molar-refractivity contribution in [2.75, 3.05) is 11.9 Å². The molecule has 2 amide bonds. The van der Waals surface area contributed by atoms with E-state index in [9.17, 15) is 14.7 Å². The predicted octanol–water partition coefficient (Wildman–Crippen LogP) is 2.27. The molecule has 3 rings (SSSR count). The number of aliphatic hydroxyl groups is 1. The second-order valence-corrected chi connectivity index (χ2v) is 6.01. The van der Waals surface area contributed by atoms with Crippen LogP contribution in [0.3, 0.4) is 0 Å². The van der Waals surface area contributed by atoms with Crippen molar-refractivity contribution in [3.63, 3.8) is 0 Å². The van der Waals surface area contributed by atoms with E-state index in [1.807, 2.05) is 55.5 Å². The van der Waals surface area contributed by atoms with Crippen LogP contribution in [0.15, 0.2) is 48.5 Å². The quantitative estimate of drug-likeness (QED) is 0.789. The fraction of sp³-hybridized carbons (Fsp3) is 0.263. The van der Waals surface area contributed by atoms with Gasteiger partial charge in [-0.15, -0.1) is 0 Å². The second kappa shape index (κ2) is 6.84. The maximum absolute atomic E-state index is 12.2. The van der Waals surface area contributed by atoms with Gasteiger partial charge < -0.3 is 15.7 Å². The normalized spacial score (nSPS) is 17.1. The van der Waals surface area contributed by atoms with Crippen LogP contribution >= 0.6 is 0 Å². The maximum Gasteiger partial charge on any atom is 0.232 e. The molecule has 0 aromatic heterocycles. The highest BCUT2D eigenvalue weighted by Gasteiger charge is 2.31. The lowest BCUT2D eigenvalue weighted by Crippen LogP contribution is -2.30. The van der Waals surface area contributed by atoms with Gasteiger partial charge in [-0.3, -0.25) is 9.59 Å². The van der Waals surface area contributed by atoms with Crippen LogP contribution < -0.4 is 10.6 Å². The van der Waals surface area contributed by atoms with E-state index in [-0.39, 0.29) is 24.8 Å². The first-order chi connectivity index (χ1) is 11.6. The summed E-state index contributed by atoms with van der Waals surface area (Å²) >= 11 is 0. The molecule has 2 unspecified atom stereocenters. The molecule has 0 saturated heterocycles. The smallest absolute Gasteiger partial charge is 0.232 e. The zero-order chi connectivity index (χ0) is 17.1. The Hall–Kier alpha value is -2.66. The van der Waals surface area contributed by atoms with E-state index in [1.54, 1.807) is 0 Å². The summed E-state index contributed by atoms with van der Waals surface area (Å²) in [6, 6.07) is 14.9. The molecule has 1 aliphatic rings. The number of aliphatic hydroxyl groups excluding tert-OH is 1. The highest BCUT2D eigenvalue weighted by molar-refractivity contribution is 6.04. The van der Waals surface area contributed by atoms with Crippen LogP contribution in [0.25, 0.3) is 0 Å². The number of fused-ring (bicyclic) bond motifs is 1. The fourth-order valence-electron chi connectivity index (χ4n) is 3.02. The summed E-state index contributed by atoms with van der Waals surface area (Å²) in [5, 5.41) is 15.7. The van der Waals surface area contributed by atoms with Crippen molar-refractivity contribution < 1.29 is 14.7 Å². The Morgan fingerprint density at radius 3 is 2.71 bits per heavy atom. The molecule has 0 spiro atoms. The Morgan fingerprint density at radius 2 is 1.92 bits per heavy atom. The number of benzene rings is 2. The Bertz CT molecular complexity index is 773. The number of carbonyl (C=O) groups excluding carboxylic acids is 2. The van der Waals surface area contributed by atoms with Crippen molar-refractivity contribution in [2.24, 2.45) is 0 Å². The first kappa shape index (κ1) is 16.2. The van der Waals surface area contributed by atoms with E-state index in [1.165, 1.54) is 0 Å². The predicted molar refractivity (Wildman–Crippen MR) is 91.6 cm³/mol. The summed E-state index contributed by atoms with van der Waals surface area (Å²) in [4.78, 5) is 24.2. The minimum Gasteiger partial charge on any atom is -0.387 e. The Balaban J connectivity index is 1.59.